The van der Waals surface area contributed by atoms with E-state index in [2.05, 4.69) is 20.6 Å². The zero-order chi connectivity index (χ0) is 14.4. The van der Waals surface area contributed by atoms with Gasteiger partial charge >= 0.3 is 6.03 Å². The molecule has 0 bridgehead atoms. The highest BCUT2D eigenvalue weighted by Crippen LogP contribution is 2.11. The average molecular weight is 272 g/mol. The van der Waals surface area contributed by atoms with E-state index in [9.17, 15) is 4.79 Å². The van der Waals surface area contributed by atoms with Crippen molar-refractivity contribution >= 4 is 11.7 Å². The van der Waals surface area contributed by atoms with Gasteiger partial charge in [0, 0.05) is 24.1 Å². The molecule has 104 valence electrons. The molecule has 0 fully saturated rings. The number of hydrogen-bond acceptors (Lipinski definition) is 4. The van der Waals surface area contributed by atoms with Crippen molar-refractivity contribution in [3.63, 3.8) is 0 Å². The van der Waals surface area contributed by atoms with Crippen molar-refractivity contribution in [2.45, 2.75) is 13.5 Å². The number of methoxy groups -OCH3 is 1. The van der Waals surface area contributed by atoms with Gasteiger partial charge in [0.25, 0.3) is 0 Å². The fourth-order valence-corrected chi connectivity index (χ4v) is 1.62. The number of pyridine rings is 2. The third-order valence-electron chi connectivity index (χ3n) is 2.69. The van der Waals surface area contributed by atoms with Crippen molar-refractivity contribution < 1.29 is 9.53 Å². The molecule has 2 aromatic heterocycles. The first-order valence-corrected chi connectivity index (χ1v) is 6.14. The second-order valence-corrected chi connectivity index (χ2v) is 4.17. The molecule has 0 radical (unpaired) electrons. The quantitative estimate of drug-likeness (QED) is 0.893. The Morgan fingerprint density at radius 3 is 2.95 bits per heavy atom. The van der Waals surface area contributed by atoms with Gasteiger partial charge < -0.3 is 15.4 Å². The van der Waals surface area contributed by atoms with E-state index in [1.54, 1.807) is 31.6 Å². The van der Waals surface area contributed by atoms with Crippen molar-refractivity contribution in [3.8, 4) is 5.88 Å². The number of carbonyl (C=O) groups excluding carboxylic acids is 1. The molecule has 6 heteroatoms. The normalized spacial score (nSPS) is 9.90. The highest BCUT2D eigenvalue weighted by atomic mass is 16.5. The molecule has 20 heavy (non-hydrogen) atoms. The molecule has 0 aromatic carbocycles. The van der Waals surface area contributed by atoms with Crippen molar-refractivity contribution in [2.75, 3.05) is 12.4 Å². The maximum absolute atomic E-state index is 11.8. The number of anilines is 1. The first-order chi connectivity index (χ1) is 9.69. The molecule has 2 amide bonds. The van der Waals surface area contributed by atoms with E-state index in [4.69, 9.17) is 4.74 Å². The van der Waals surface area contributed by atoms with Crippen LogP contribution in [0.25, 0.3) is 0 Å². The fraction of sp³-hybridized carbons (Fsp3) is 0.214. The molecule has 0 saturated carbocycles. The Bertz CT molecular complexity index is 601. The second kappa shape index (κ2) is 6.51. The summed E-state index contributed by atoms with van der Waals surface area (Å²) in [7, 11) is 1.55. The van der Waals surface area contributed by atoms with Crippen LogP contribution in [0.2, 0.25) is 0 Å². The molecule has 0 atom stereocenters. The van der Waals surface area contributed by atoms with Crippen molar-refractivity contribution in [3.05, 3.63) is 47.9 Å². The molecule has 0 aliphatic heterocycles. The standard InChI is InChI=1S/C14H16N4O2/c1-10-8-15-7-6-12(10)18-14(19)16-9-11-4-3-5-13(17-11)20-2/h3-8H,9H2,1-2H3,(H2,15,16,18,19). The molecule has 2 heterocycles. The van der Waals surface area contributed by atoms with Gasteiger partial charge in [0.15, 0.2) is 0 Å². The molecule has 0 spiro atoms. The zero-order valence-corrected chi connectivity index (χ0v) is 11.4. The number of nitrogens with zero attached hydrogens (tertiary/aromatic N) is 2. The number of aryl methyl sites for hydroxylation is 1. The van der Waals surface area contributed by atoms with Gasteiger partial charge in [0.1, 0.15) is 0 Å². The molecule has 6 nitrogen and oxygen atoms in total. The maximum atomic E-state index is 11.8. The fourth-order valence-electron chi connectivity index (χ4n) is 1.62. The molecule has 0 unspecified atom stereocenters. The predicted molar refractivity (Wildman–Crippen MR) is 75.6 cm³/mol. The van der Waals surface area contributed by atoms with Crippen LogP contribution in [0.1, 0.15) is 11.3 Å². The topological polar surface area (TPSA) is 76.1 Å². The third-order valence-corrected chi connectivity index (χ3v) is 2.69. The Morgan fingerprint density at radius 2 is 2.20 bits per heavy atom. The lowest BCUT2D eigenvalue weighted by Crippen LogP contribution is -2.28. The maximum Gasteiger partial charge on any atom is 0.319 e. The van der Waals surface area contributed by atoms with Crippen LogP contribution < -0.4 is 15.4 Å². The van der Waals surface area contributed by atoms with Crippen LogP contribution in [-0.4, -0.2) is 23.1 Å². The van der Waals surface area contributed by atoms with Gasteiger partial charge in [-0.3, -0.25) is 4.98 Å². The summed E-state index contributed by atoms with van der Waals surface area (Å²) in [5, 5.41) is 5.50. The van der Waals surface area contributed by atoms with Crippen LogP contribution in [0.4, 0.5) is 10.5 Å². The van der Waals surface area contributed by atoms with Crippen LogP contribution in [0, 0.1) is 6.92 Å². The Hall–Kier alpha value is -2.63. The van der Waals surface area contributed by atoms with Gasteiger partial charge in [-0.1, -0.05) is 6.07 Å². The van der Waals surface area contributed by atoms with Gasteiger partial charge in [0.05, 0.1) is 19.3 Å². The summed E-state index contributed by atoms with van der Waals surface area (Å²) in [4.78, 5) is 20.0. The van der Waals surface area contributed by atoms with Gasteiger partial charge in [-0.2, -0.15) is 0 Å². The molecule has 2 N–H and O–H groups in total. The first kappa shape index (κ1) is 13.8. The number of urea groups is 1. The van der Waals surface area contributed by atoms with Crippen LogP contribution >= 0.6 is 0 Å². The van der Waals surface area contributed by atoms with Crippen LogP contribution in [0.3, 0.4) is 0 Å². The Morgan fingerprint density at radius 1 is 1.35 bits per heavy atom. The summed E-state index contributed by atoms with van der Waals surface area (Å²) in [5.74, 6) is 0.523. The molecule has 2 aromatic rings. The van der Waals surface area contributed by atoms with E-state index < -0.39 is 0 Å². The van der Waals surface area contributed by atoms with Gasteiger partial charge in [-0.25, -0.2) is 9.78 Å². The van der Waals surface area contributed by atoms with Gasteiger partial charge in [-0.15, -0.1) is 0 Å². The average Bonchev–Trinajstić information content (AvgIpc) is 2.48. The monoisotopic (exact) mass is 272 g/mol. The second-order valence-electron chi connectivity index (χ2n) is 4.17. The van der Waals surface area contributed by atoms with E-state index in [0.29, 0.717) is 12.4 Å². The molecule has 0 aliphatic carbocycles. The summed E-state index contributed by atoms with van der Waals surface area (Å²) in [5.41, 5.74) is 2.37. The van der Waals surface area contributed by atoms with Gasteiger partial charge in [0.2, 0.25) is 5.88 Å². The molecule has 2 rings (SSSR count). The number of aromatic nitrogens is 2. The number of rotatable bonds is 4. The minimum atomic E-state index is -0.288. The number of nitrogens with one attached hydrogen (secondary N) is 2. The number of carbonyl (C=O) groups is 1. The summed E-state index contributed by atoms with van der Waals surface area (Å²) in [6, 6.07) is 6.86. The van der Waals surface area contributed by atoms with Crippen molar-refractivity contribution in [2.24, 2.45) is 0 Å². The smallest absolute Gasteiger partial charge is 0.319 e. The highest BCUT2D eigenvalue weighted by Gasteiger charge is 2.04. The molecular weight excluding hydrogens is 256 g/mol. The number of ether oxygens (including phenoxy) is 1. The first-order valence-electron chi connectivity index (χ1n) is 6.14. The Kier molecular flexibility index (Phi) is 4.49. The van der Waals surface area contributed by atoms with Crippen LogP contribution in [-0.2, 0) is 6.54 Å². The summed E-state index contributed by atoms with van der Waals surface area (Å²) < 4.78 is 5.03. The van der Waals surface area contributed by atoms with E-state index in [1.807, 2.05) is 19.1 Å². The zero-order valence-electron chi connectivity index (χ0n) is 11.4. The molecular formula is C14H16N4O2. The van der Waals surface area contributed by atoms with E-state index >= 15 is 0 Å². The molecule has 0 aliphatic rings. The Labute approximate surface area is 117 Å². The minimum Gasteiger partial charge on any atom is -0.481 e. The lowest BCUT2D eigenvalue weighted by molar-refractivity contribution is 0.251. The molecule has 0 saturated heterocycles. The Balaban J connectivity index is 1.90. The van der Waals surface area contributed by atoms with Gasteiger partial charge in [-0.05, 0) is 24.6 Å². The predicted octanol–water partition coefficient (Wildman–Crippen LogP) is 2.12. The summed E-state index contributed by atoms with van der Waals surface area (Å²) in [6.45, 7) is 2.21. The van der Waals surface area contributed by atoms with Crippen LogP contribution in [0.15, 0.2) is 36.7 Å². The van der Waals surface area contributed by atoms with E-state index in [0.717, 1.165) is 16.9 Å². The highest BCUT2D eigenvalue weighted by molar-refractivity contribution is 5.89. The van der Waals surface area contributed by atoms with Crippen molar-refractivity contribution in [1.29, 1.82) is 0 Å². The SMILES string of the molecule is COc1cccc(CNC(=O)Nc2ccncc2C)n1. The minimum absolute atomic E-state index is 0.288. The summed E-state index contributed by atoms with van der Waals surface area (Å²) in [6.07, 6.45) is 3.32. The van der Waals surface area contributed by atoms with Crippen molar-refractivity contribution in [1.82, 2.24) is 15.3 Å². The number of hydrogen-bond donors (Lipinski definition) is 2. The largest absolute Gasteiger partial charge is 0.481 e. The lowest BCUT2D eigenvalue weighted by atomic mass is 10.2. The number of amides is 2. The van der Waals surface area contributed by atoms with E-state index in [-0.39, 0.29) is 6.03 Å². The van der Waals surface area contributed by atoms with E-state index in [1.165, 1.54) is 0 Å². The lowest BCUT2D eigenvalue weighted by Gasteiger charge is -2.09. The van der Waals surface area contributed by atoms with Crippen LogP contribution in [0.5, 0.6) is 5.88 Å². The summed E-state index contributed by atoms with van der Waals surface area (Å²) >= 11 is 0. The third kappa shape index (κ3) is 3.68.